The van der Waals surface area contributed by atoms with Crippen LogP contribution < -0.4 is 4.74 Å². The maximum Gasteiger partial charge on any atom is 0.222 e. The summed E-state index contributed by atoms with van der Waals surface area (Å²) in [4.78, 5) is 12.5. The molecule has 1 fully saturated rings. The van der Waals surface area contributed by atoms with E-state index in [4.69, 9.17) is 21.1 Å². The van der Waals surface area contributed by atoms with E-state index in [9.17, 15) is 0 Å². The zero-order valence-electron chi connectivity index (χ0n) is 11.7. The summed E-state index contributed by atoms with van der Waals surface area (Å²) < 4.78 is 12.6. The second kappa shape index (κ2) is 5.19. The number of hydrogen-bond acceptors (Lipinski definition) is 6. The van der Waals surface area contributed by atoms with E-state index in [1.54, 1.807) is 30.1 Å². The zero-order valence-corrected chi connectivity index (χ0v) is 12.5. The zero-order chi connectivity index (χ0) is 15.1. The Balaban J connectivity index is 1.90. The van der Waals surface area contributed by atoms with Crippen LogP contribution >= 0.6 is 11.6 Å². The third-order valence-electron chi connectivity index (χ3n) is 3.60. The molecule has 4 rings (SSSR count). The van der Waals surface area contributed by atoms with E-state index >= 15 is 0 Å². The van der Waals surface area contributed by atoms with Crippen molar-refractivity contribution in [2.24, 2.45) is 0 Å². The van der Waals surface area contributed by atoms with Crippen LogP contribution in [0.1, 0.15) is 18.2 Å². The first-order valence-electron chi connectivity index (χ1n) is 6.79. The highest BCUT2D eigenvalue weighted by Crippen LogP contribution is 2.35. The number of aromatic nitrogens is 5. The van der Waals surface area contributed by atoms with Gasteiger partial charge in [0.05, 0.1) is 25.6 Å². The molecule has 0 amide bonds. The van der Waals surface area contributed by atoms with Crippen molar-refractivity contribution in [1.82, 2.24) is 24.6 Å². The van der Waals surface area contributed by atoms with E-state index in [1.165, 1.54) is 0 Å². The summed E-state index contributed by atoms with van der Waals surface area (Å²) in [6.07, 6.45) is 4.19. The van der Waals surface area contributed by atoms with E-state index in [-0.39, 0.29) is 11.4 Å². The Morgan fingerprint density at radius 3 is 2.95 bits per heavy atom. The van der Waals surface area contributed by atoms with Gasteiger partial charge in [0.25, 0.3) is 0 Å². The summed E-state index contributed by atoms with van der Waals surface area (Å²) in [5.41, 5.74) is 2.83. The molecule has 0 spiro atoms. The van der Waals surface area contributed by atoms with Crippen LogP contribution in [-0.2, 0) is 4.74 Å². The first-order valence-corrected chi connectivity index (χ1v) is 7.17. The molecule has 0 bridgehead atoms. The normalized spacial score (nSPS) is 17.5. The molecule has 1 aliphatic rings. The van der Waals surface area contributed by atoms with Crippen LogP contribution in [0, 0.1) is 0 Å². The molecule has 0 saturated carbocycles. The van der Waals surface area contributed by atoms with Gasteiger partial charge in [0.15, 0.2) is 5.65 Å². The van der Waals surface area contributed by atoms with E-state index in [0.29, 0.717) is 17.1 Å². The van der Waals surface area contributed by atoms with Crippen LogP contribution in [-0.4, -0.2) is 38.3 Å². The highest BCUT2D eigenvalue weighted by Gasteiger charge is 2.27. The minimum atomic E-state index is -0.0383. The second-order valence-electron chi connectivity index (χ2n) is 4.87. The Morgan fingerprint density at radius 2 is 2.27 bits per heavy atom. The average Bonchev–Trinajstić information content (AvgIpc) is 2.87. The number of ether oxygens (including phenoxy) is 2. The molecule has 0 N–H and O–H groups in total. The molecule has 1 unspecified atom stereocenters. The fraction of sp³-hybridized carbons (Fsp3) is 0.286. The summed E-state index contributed by atoms with van der Waals surface area (Å²) in [7, 11) is 1.61. The summed E-state index contributed by atoms with van der Waals surface area (Å²) in [5.74, 6) is 0.676. The molecule has 3 aromatic rings. The van der Waals surface area contributed by atoms with Crippen LogP contribution in [0.4, 0.5) is 0 Å². The van der Waals surface area contributed by atoms with Gasteiger partial charge in [-0.15, -0.1) is 0 Å². The number of methoxy groups -OCH3 is 1. The lowest BCUT2D eigenvalue weighted by Crippen LogP contribution is -2.21. The minimum Gasteiger partial charge on any atom is -0.495 e. The highest BCUT2D eigenvalue weighted by molar-refractivity contribution is 6.28. The molecule has 112 valence electrons. The Bertz CT molecular complexity index is 846. The smallest absolute Gasteiger partial charge is 0.222 e. The molecule has 3 aromatic heterocycles. The number of rotatable bonds is 3. The van der Waals surface area contributed by atoms with Crippen LogP contribution in [0.3, 0.4) is 0 Å². The molecule has 22 heavy (non-hydrogen) atoms. The number of hydrogen-bond donors (Lipinski definition) is 0. The first kappa shape index (κ1) is 13.4. The monoisotopic (exact) mass is 317 g/mol. The fourth-order valence-corrected chi connectivity index (χ4v) is 2.55. The molecule has 7 nitrogen and oxygen atoms in total. The van der Waals surface area contributed by atoms with Gasteiger partial charge in [0, 0.05) is 18.7 Å². The molecule has 4 heterocycles. The van der Waals surface area contributed by atoms with Gasteiger partial charge in [-0.3, -0.25) is 0 Å². The van der Waals surface area contributed by atoms with Crippen molar-refractivity contribution in [3.8, 4) is 17.1 Å². The van der Waals surface area contributed by atoms with E-state index in [2.05, 4.69) is 20.1 Å². The summed E-state index contributed by atoms with van der Waals surface area (Å²) in [5, 5.41) is 4.82. The lowest BCUT2D eigenvalue weighted by Gasteiger charge is -2.26. The van der Waals surface area contributed by atoms with Crippen molar-refractivity contribution in [2.75, 3.05) is 13.7 Å². The van der Waals surface area contributed by atoms with Gasteiger partial charge in [-0.2, -0.15) is 5.10 Å². The van der Waals surface area contributed by atoms with Crippen molar-refractivity contribution < 1.29 is 9.47 Å². The van der Waals surface area contributed by atoms with Crippen molar-refractivity contribution in [2.45, 2.75) is 12.5 Å². The number of nitrogens with zero attached hydrogens (tertiary/aromatic N) is 5. The second-order valence-corrected chi connectivity index (χ2v) is 5.21. The van der Waals surface area contributed by atoms with Gasteiger partial charge >= 0.3 is 0 Å². The van der Waals surface area contributed by atoms with Crippen LogP contribution in [0.2, 0.25) is 5.28 Å². The van der Waals surface area contributed by atoms with Crippen LogP contribution in [0.5, 0.6) is 5.75 Å². The predicted octanol–water partition coefficient (Wildman–Crippen LogP) is 2.31. The molecule has 1 atom stereocenters. The Labute approximate surface area is 130 Å². The van der Waals surface area contributed by atoms with Crippen molar-refractivity contribution in [3.63, 3.8) is 0 Å². The van der Waals surface area contributed by atoms with Gasteiger partial charge in [-0.05, 0) is 17.7 Å². The topological polar surface area (TPSA) is 74.4 Å². The number of imidazole rings is 1. The number of halogens is 1. The standard InChI is InChI=1S/C14H12ClN5O2/c1-21-11-6-12-17-7-9(8-2-4-16-14(15)18-8)20(12)19-13(11)10-3-5-22-10/h2,4,6-7,10H,3,5H2,1H3. The molecular formula is C14H12ClN5O2. The van der Waals surface area contributed by atoms with Gasteiger partial charge < -0.3 is 9.47 Å². The maximum absolute atomic E-state index is 5.86. The average molecular weight is 318 g/mol. The lowest BCUT2D eigenvalue weighted by atomic mass is 10.1. The molecule has 8 heteroatoms. The molecule has 1 aliphatic heterocycles. The minimum absolute atomic E-state index is 0.0383. The predicted molar refractivity (Wildman–Crippen MR) is 78.9 cm³/mol. The highest BCUT2D eigenvalue weighted by atomic mass is 35.5. The largest absolute Gasteiger partial charge is 0.495 e. The number of fused-ring (bicyclic) bond motifs is 1. The Kier molecular flexibility index (Phi) is 3.16. The van der Waals surface area contributed by atoms with Crippen molar-refractivity contribution >= 4 is 17.2 Å². The summed E-state index contributed by atoms with van der Waals surface area (Å²) >= 11 is 5.86. The third-order valence-corrected chi connectivity index (χ3v) is 3.78. The summed E-state index contributed by atoms with van der Waals surface area (Å²) in [6.45, 7) is 0.742. The van der Waals surface area contributed by atoms with Crippen molar-refractivity contribution in [1.29, 1.82) is 0 Å². The van der Waals surface area contributed by atoms with Gasteiger partial charge in [-0.25, -0.2) is 19.5 Å². The lowest BCUT2D eigenvalue weighted by molar-refractivity contribution is -0.0569. The van der Waals surface area contributed by atoms with Gasteiger partial charge in [-0.1, -0.05) is 0 Å². The SMILES string of the molecule is COc1cc2ncc(-c3ccnc(Cl)n3)n2nc1C1CCO1. The van der Waals surface area contributed by atoms with Gasteiger partial charge in [0.1, 0.15) is 23.2 Å². The Hall–Kier alpha value is -2.25. The van der Waals surface area contributed by atoms with E-state index in [0.717, 1.165) is 24.4 Å². The van der Waals surface area contributed by atoms with Crippen LogP contribution in [0.25, 0.3) is 17.0 Å². The molecule has 0 aromatic carbocycles. The molecular weight excluding hydrogens is 306 g/mol. The van der Waals surface area contributed by atoms with E-state index in [1.807, 2.05) is 6.07 Å². The molecule has 0 aliphatic carbocycles. The first-order chi connectivity index (χ1) is 10.8. The quantitative estimate of drug-likeness (QED) is 0.690. The fourth-order valence-electron chi connectivity index (χ4n) is 2.40. The van der Waals surface area contributed by atoms with Crippen molar-refractivity contribution in [3.05, 3.63) is 35.5 Å². The molecule has 1 saturated heterocycles. The van der Waals surface area contributed by atoms with Crippen LogP contribution in [0.15, 0.2) is 24.5 Å². The van der Waals surface area contributed by atoms with E-state index < -0.39 is 0 Å². The molecule has 0 radical (unpaired) electrons. The third kappa shape index (κ3) is 2.10. The maximum atomic E-state index is 5.86. The van der Waals surface area contributed by atoms with Gasteiger partial charge in [0.2, 0.25) is 5.28 Å². The Morgan fingerprint density at radius 1 is 1.41 bits per heavy atom. The summed E-state index contributed by atoms with van der Waals surface area (Å²) in [6, 6.07) is 3.61.